The molecule has 11 heteroatoms. The zero-order valence-electron chi connectivity index (χ0n) is 24.6. The van der Waals surface area contributed by atoms with E-state index in [0.717, 1.165) is 30.4 Å². The van der Waals surface area contributed by atoms with E-state index < -0.39 is 6.43 Å². The minimum atomic E-state index is -2.67. The molecule has 0 atom stereocenters. The van der Waals surface area contributed by atoms with Crippen molar-refractivity contribution in [3.05, 3.63) is 80.5 Å². The van der Waals surface area contributed by atoms with Crippen LogP contribution in [0.5, 0.6) is 5.88 Å². The third kappa shape index (κ3) is 6.41. The van der Waals surface area contributed by atoms with Crippen molar-refractivity contribution in [3.8, 4) is 33.4 Å². The van der Waals surface area contributed by atoms with Crippen LogP contribution in [0.1, 0.15) is 73.8 Å². The topological polar surface area (TPSA) is 90.2 Å². The predicted molar refractivity (Wildman–Crippen MR) is 164 cm³/mol. The molecule has 1 aliphatic rings. The highest BCUT2D eigenvalue weighted by molar-refractivity contribution is 7.13. The molecule has 4 aromatic heterocycles. The number of aromatic nitrogens is 4. The van der Waals surface area contributed by atoms with Crippen molar-refractivity contribution in [1.82, 2.24) is 24.4 Å². The summed E-state index contributed by atoms with van der Waals surface area (Å²) in [5.74, 6) is 0.112. The number of allylic oxidation sites excluding steroid dienone is 1. The number of aryl methyl sites for hydroxylation is 1. The van der Waals surface area contributed by atoms with Gasteiger partial charge in [0.1, 0.15) is 16.4 Å². The summed E-state index contributed by atoms with van der Waals surface area (Å²) in [5.41, 5.74) is 3.53. The van der Waals surface area contributed by atoms with Crippen molar-refractivity contribution < 1.29 is 18.3 Å². The van der Waals surface area contributed by atoms with Crippen LogP contribution in [0.25, 0.3) is 33.6 Å². The molecule has 0 saturated carbocycles. The van der Waals surface area contributed by atoms with Crippen LogP contribution in [0.3, 0.4) is 0 Å². The first kappa shape index (κ1) is 30.2. The molecular formula is C32H33F2N5O3S. The lowest BCUT2D eigenvalue weighted by molar-refractivity contribution is 0.0723. The molecular weight excluding hydrogens is 572 g/mol. The molecule has 1 fully saturated rings. The van der Waals surface area contributed by atoms with E-state index >= 15 is 0 Å². The number of nitrogens with zero attached hydrogens (tertiary/aromatic N) is 5. The quantitative estimate of drug-likeness (QED) is 0.213. The summed E-state index contributed by atoms with van der Waals surface area (Å²) < 4.78 is 33.4. The van der Waals surface area contributed by atoms with E-state index in [1.807, 2.05) is 44.7 Å². The van der Waals surface area contributed by atoms with Gasteiger partial charge in [0.15, 0.2) is 0 Å². The Morgan fingerprint density at radius 2 is 1.88 bits per heavy atom. The van der Waals surface area contributed by atoms with E-state index in [1.54, 1.807) is 17.6 Å². The Morgan fingerprint density at radius 1 is 1.12 bits per heavy atom. The Kier molecular flexibility index (Phi) is 9.10. The van der Waals surface area contributed by atoms with Crippen molar-refractivity contribution in [3.63, 3.8) is 0 Å². The van der Waals surface area contributed by atoms with Gasteiger partial charge in [-0.25, -0.2) is 18.7 Å². The van der Waals surface area contributed by atoms with Crippen molar-refractivity contribution in [2.45, 2.75) is 53.4 Å². The third-order valence-corrected chi connectivity index (χ3v) is 7.94. The normalized spacial score (nSPS) is 13.3. The first-order valence-electron chi connectivity index (χ1n) is 14.2. The van der Waals surface area contributed by atoms with Crippen molar-refractivity contribution in [1.29, 1.82) is 0 Å². The van der Waals surface area contributed by atoms with Gasteiger partial charge in [0.05, 0.1) is 29.1 Å². The van der Waals surface area contributed by atoms with Gasteiger partial charge < -0.3 is 9.64 Å². The van der Waals surface area contributed by atoms with Gasteiger partial charge in [-0.15, -0.1) is 11.3 Å². The first-order valence-corrected chi connectivity index (χ1v) is 15.1. The SMILES string of the molecule is CCOc1ncc(C)cc1-n1c(C=C(C)C)c(C(=O)N2CCCCC2)cc(-c2nc(-c3ccc(C(F)F)nc3)cs2)c1=O. The minimum absolute atomic E-state index is 0.163. The number of likely N-dealkylation sites (tertiary alicyclic amines) is 1. The van der Waals surface area contributed by atoms with Gasteiger partial charge in [0.25, 0.3) is 17.9 Å². The lowest BCUT2D eigenvalue weighted by Gasteiger charge is -2.28. The van der Waals surface area contributed by atoms with E-state index in [-0.39, 0.29) is 28.6 Å². The molecule has 1 aliphatic heterocycles. The first-order chi connectivity index (χ1) is 20.7. The highest BCUT2D eigenvalue weighted by Crippen LogP contribution is 2.32. The average molecular weight is 606 g/mol. The van der Waals surface area contributed by atoms with Crippen LogP contribution in [0.4, 0.5) is 8.78 Å². The predicted octanol–water partition coefficient (Wildman–Crippen LogP) is 7.11. The van der Waals surface area contributed by atoms with Gasteiger partial charge in [0.2, 0.25) is 5.88 Å². The number of carbonyl (C=O) groups excluding carboxylic acids is 1. The summed E-state index contributed by atoms with van der Waals surface area (Å²) >= 11 is 1.23. The molecule has 5 heterocycles. The highest BCUT2D eigenvalue weighted by atomic mass is 32.1. The molecule has 0 aliphatic carbocycles. The maximum atomic E-state index is 14.5. The summed E-state index contributed by atoms with van der Waals surface area (Å²) in [7, 11) is 0. The van der Waals surface area contributed by atoms with Crippen LogP contribution in [-0.4, -0.2) is 50.0 Å². The number of thiazole rings is 1. The van der Waals surface area contributed by atoms with E-state index in [9.17, 15) is 18.4 Å². The largest absolute Gasteiger partial charge is 0.476 e. The van der Waals surface area contributed by atoms with Gasteiger partial charge in [-0.3, -0.25) is 19.1 Å². The number of piperidine rings is 1. The number of pyridine rings is 3. The molecule has 1 saturated heterocycles. The molecule has 0 aromatic carbocycles. The Bertz CT molecular complexity index is 1720. The monoisotopic (exact) mass is 605 g/mol. The molecule has 0 N–H and O–H groups in total. The van der Waals surface area contributed by atoms with E-state index in [0.29, 0.717) is 52.9 Å². The Morgan fingerprint density at radius 3 is 2.53 bits per heavy atom. The lowest BCUT2D eigenvalue weighted by Crippen LogP contribution is -2.37. The molecule has 5 rings (SSSR count). The third-order valence-electron chi connectivity index (χ3n) is 7.07. The molecule has 1 amide bonds. The minimum Gasteiger partial charge on any atom is -0.476 e. The zero-order valence-corrected chi connectivity index (χ0v) is 25.4. The maximum absolute atomic E-state index is 14.5. The number of halogens is 2. The standard InChI is InChI=1S/C32H33F2N5O3S/c1-5-42-29-27(14-20(4)16-36-29)39-26(13-19(2)3)22(31(40)38-11-7-6-8-12-38)15-23(32(39)41)30-37-25(18-43-30)21-9-10-24(28(33)34)35-17-21/h9-10,13-18,28H,5-8,11-12H2,1-4H3. The summed E-state index contributed by atoms with van der Waals surface area (Å²) in [6.45, 7) is 9.16. The van der Waals surface area contributed by atoms with E-state index in [4.69, 9.17) is 9.72 Å². The molecule has 0 unspecified atom stereocenters. The van der Waals surface area contributed by atoms with Crippen LogP contribution in [0, 0.1) is 6.92 Å². The highest BCUT2D eigenvalue weighted by Gasteiger charge is 2.27. The number of hydrogen-bond acceptors (Lipinski definition) is 7. The number of alkyl halides is 2. The number of rotatable bonds is 8. The fourth-order valence-electron chi connectivity index (χ4n) is 5.04. The van der Waals surface area contributed by atoms with Crippen LogP contribution in [-0.2, 0) is 0 Å². The maximum Gasteiger partial charge on any atom is 0.280 e. The van der Waals surface area contributed by atoms with Crippen LogP contribution in [0.2, 0.25) is 0 Å². The lowest BCUT2D eigenvalue weighted by atomic mass is 10.0. The molecule has 4 aromatic rings. The second-order valence-corrected chi connectivity index (χ2v) is 11.5. The molecule has 43 heavy (non-hydrogen) atoms. The van der Waals surface area contributed by atoms with Gasteiger partial charge >= 0.3 is 0 Å². The molecule has 8 nitrogen and oxygen atoms in total. The van der Waals surface area contributed by atoms with Crippen LogP contribution < -0.4 is 10.3 Å². The Labute approximate surface area is 252 Å². The summed E-state index contributed by atoms with van der Waals surface area (Å²) in [4.78, 5) is 43.4. The van der Waals surface area contributed by atoms with Gasteiger partial charge in [0, 0.05) is 36.4 Å². The van der Waals surface area contributed by atoms with Crippen molar-refractivity contribution in [2.24, 2.45) is 0 Å². The van der Waals surface area contributed by atoms with Gasteiger partial charge in [-0.2, -0.15) is 0 Å². The number of ether oxygens (including phenoxy) is 1. The van der Waals surface area contributed by atoms with E-state index in [1.165, 1.54) is 34.2 Å². The molecule has 0 radical (unpaired) electrons. The van der Waals surface area contributed by atoms with E-state index in [2.05, 4.69) is 9.97 Å². The number of amides is 1. The Balaban J connectivity index is 1.76. The second kappa shape index (κ2) is 12.9. The Hall–Kier alpha value is -4.25. The molecule has 224 valence electrons. The van der Waals surface area contributed by atoms with Gasteiger partial charge in [-0.05, 0) is 82.9 Å². The number of carbonyl (C=O) groups is 1. The smallest absolute Gasteiger partial charge is 0.280 e. The van der Waals surface area contributed by atoms with Crippen molar-refractivity contribution in [2.75, 3.05) is 19.7 Å². The zero-order chi connectivity index (χ0) is 30.7. The fourth-order valence-corrected chi connectivity index (χ4v) is 5.88. The molecule has 0 bridgehead atoms. The van der Waals surface area contributed by atoms with Crippen molar-refractivity contribution >= 4 is 23.3 Å². The second-order valence-electron chi connectivity index (χ2n) is 10.7. The molecule has 0 spiro atoms. The summed E-state index contributed by atoms with van der Waals surface area (Å²) in [6.07, 6.45) is 5.08. The summed E-state index contributed by atoms with van der Waals surface area (Å²) in [5, 5.41) is 2.13. The fraction of sp³-hybridized carbons (Fsp3) is 0.344. The number of hydrogen-bond donors (Lipinski definition) is 0. The summed E-state index contributed by atoms with van der Waals surface area (Å²) in [6, 6.07) is 6.25. The van der Waals surface area contributed by atoms with Gasteiger partial charge in [-0.1, -0.05) is 5.57 Å². The van der Waals surface area contributed by atoms with Crippen LogP contribution >= 0.6 is 11.3 Å². The van der Waals surface area contributed by atoms with Crippen LogP contribution in [0.15, 0.2) is 52.4 Å². The average Bonchev–Trinajstić information content (AvgIpc) is 3.48.